The van der Waals surface area contributed by atoms with E-state index in [2.05, 4.69) is 109 Å². The Balaban J connectivity index is 0.000000232. The second kappa shape index (κ2) is 24.0. The molecule has 4 heteroatoms. The molecule has 2 aromatic rings. The molecule has 53 heavy (non-hydrogen) atoms. The topological polar surface area (TPSA) is 25.8 Å². The SMILES string of the molecule is C#CCC1CCCCC1.CC(C)[Si](C#CCC1CCCCC1)(c1ccccn1)C(C)C.CC(C)[Si](C#CCC1CCCCC1)(c1ccccn1)C(C)C. The lowest BCUT2D eigenvalue weighted by atomic mass is 9.87. The molecule has 0 spiro atoms. The van der Waals surface area contributed by atoms with Crippen LogP contribution in [-0.4, -0.2) is 26.1 Å². The molecule has 2 heterocycles. The van der Waals surface area contributed by atoms with Gasteiger partial charge >= 0.3 is 0 Å². The molecule has 0 saturated heterocycles. The Labute approximate surface area is 330 Å². The first-order valence-corrected chi connectivity index (χ1v) is 26.1. The molecule has 0 N–H and O–H groups in total. The zero-order valence-corrected chi connectivity index (χ0v) is 37.4. The number of rotatable bonds is 9. The van der Waals surface area contributed by atoms with Gasteiger partial charge in [0, 0.05) is 42.3 Å². The van der Waals surface area contributed by atoms with Crippen molar-refractivity contribution >= 4 is 26.8 Å². The summed E-state index contributed by atoms with van der Waals surface area (Å²) in [6.07, 6.45) is 33.3. The van der Waals surface area contributed by atoms with Gasteiger partial charge in [-0.25, -0.2) is 0 Å². The first-order valence-electron chi connectivity index (χ1n) is 21.8. The fourth-order valence-electron chi connectivity index (χ4n) is 9.46. The lowest BCUT2D eigenvalue weighted by Crippen LogP contribution is -2.53. The van der Waals surface area contributed by atoms with E-state index in [1.807, 2.05) is 24.5 Å². The largest absolute Gasteiger partial charge is 0.265 e. The average molecular weight is 749 g/mol. The maximum absolute atomic E-state index is 5.21. The molecule has 290 valence electrons. The maximum atomic E-state index is 5.21. The van der Waals surface area contributed by atoms with Crippen molar-refractivity contribution in [1.29, 1.82) is 0 Å². The predicted molar refractivity (Wildman–Crippen MR) is 238 cm³/mol. The van der Waals surface area contributed by atoms with Crippen LogP contribution >= 0.6 is 0 Å². The van der Waals surface area contributed by atoms with Gasteiger partial charge in [0.15, 0.2) is 16.1 Å². The zero-order chi connectivity index (χ0) is 38.5. The van der Waals surface area contributed by atoms with Crippen molar-refractivity contribution in [2.75, 3.05) is 0 Å². The summed E-state index contributed by atoms with van der Waals surface area (Å²) in [5.74, 6) is 12.5. The summed E-state index contributed by atoms with van der Waals surface area (Å²) in [5, 5.41) is 2.55. The van der Waals surface area contributed by atoms with Gasteiger partial charge in [-0.05, 0) is 103 Å². The quantitative estimate of drug-likeness (QED) is 0.188. The van der Waals surface area contributed by atoms with Crippen molar-refractivity contribution in [2.24, 2.45) is 17.8 Å². The summed E-state index contributed by atoms with van der Waals surface area (Å²) in [6.45, 7) is 18.7. The summed E-state index contributed by atoms with van der Waals surface area (Å²) in [5.41, 5.74) is 10.0. The summed E-state index contributed by atoms with van der Waals surface area (Å²) in [6, 6.07) is 12.7. The second-order valence-electron chi connectivity index (χ2n) is 17.7. The molecule has 0 radical (unpaired) electrons. The Hall–Kier alpha value is -2.59. The van der Waals surface area contributed by atoms with Crippen LogP contribution in [0.5, 0.6) is 0 Å². The van der Waals surface area contributed by atoms with E-state index < -0.39 is 16.1 Å². The van der Waals surface area contributed by atoms with E-state index in [-0.39, 0.29) is 0 Å². The highest BCUT2D eigenvalue weighted by Crippen LogP contribution is 2.33. The number of pyridine rings is 2. The Bertz CT molecular complexity index is 1320. The van der Waals surface area contributed by atoms with E-state index in [9.17, 15) is 0 Å². The predicted octanol–water partition coefficient (Wildman–Crippen LogP) is 12.7. The fourth-order valence-corrected chi connectivity index (χ4v) is 18.0. The number of terminal acetylenes is 1. The molecule has 5 rings (SSSR count). The van der Waals surface area contributed by atoms with Crippen LogP contribution in [-0.2, 0) is 0 Å². The summed E-state index contributed by atoms with van der Waals surface area (Å²) in [7, 11) is -3.77. The smallest absolute Gasteiger partial charge is 0.195 e. The molecular formula is C49H76N2Si2. The Morgan fingerprint density at radius 3 is 1.09 bits per heavy atom. The lowest BCUT2D eigenvalue weighted by Gasteiger charge is -2.33. The molecule has 2 aromatic heterocycles. The van der Waals surface area contributed by atoms with Gasteiger partial charge in [-0.3, -0.25) is 9.97 Å². The normalized spacial score (nSPS) is 17.4. The maximum Gasteiger partial charge on any atom is 0.195 e. The van der Waals surface area contributed by atoms with E-state index in [1.54, 1.807) is 0 Å². The van der Waals surface area contributed by atoms with E-state index in [0.29, 0.717) is 22.2 Å². The molecular weight excluding hydrogens is 673 g/mol. The number of hydrogen-bond acceptors (Lipinski definition) is 2. The van der Waals surface area contributed by atoms with Gasteiger partial charge in [-0.15, -0.1) is 35.3 Å². The van der Waals surface area contributed by atoms with Gasteiger partial charge < -0.3 is 0 Å². The zero-order valence-electron chi connectivity index (χ0n) is 35.4. The molecule has 3 aliphatic carbocycles. The average Bonchev–Trinajstić information content (AvgIpc) is 3.17. The molecule has 3 saturated carbocycles. The molecule has 0 aliphatic heterocycles. The molecule has 0 aromatic carbocycles. The van der Waals surface area contributed by atoms with Crippen LogP contribution in [0.2, 0.25) is 22.2 Å². The van der Waals surface area contributed by atoms with Gasteiger partial charge in [0.1, 0.15) is 0 Å². The lowest BCUT2D eigenvalue weighted by molar-refractivity contribution is 0.365. The van der Waals surface area contributed by atoms with Crippen molar-refractivity contribution in [3.8, 4) is 35.3 Å². The first-order chi connectivity index (χ1) is 25.6. The standard InChI is InChI=1S/2C20H31NSi.C9H14/c2*1-17(2)22(18(3)4,20-14-8-9-15-21-20)16-10-13-19-11-6-5-7-12-19;1-2-6-9-7-4-3-5-8-9/h2*8-9,14-15,17-19H,5-7,11-13H2,1-4H3;1,9H,3-8H2. The van der Waals surface area contributed by atoms with Crippen LogP contribution in [0, 0.1) is 53.0 Å². The minimum absolute atomic E-state index is 0.598. The van der Waals surface area contributed by atoms with Crippen molar-refractivity contribution < 1.29 is 0 Å². The van der Waals surface area contributed by atoms with Crippen LogP contribution in [0.15, 0.2) is 48.8 Å². The van der Waals surface area contributed by atoms with Gasteiger partial charge in [0.05, 0.1) is 0 Å². The number of hydrogen-bond donors (Lipinski definition) is 0. The first kappa shape index (κ1) is 44.8. The highest BCUT2D eigenvalue weighted by molar-refractivity contribution is 7.00. The molecule has 0 atom stereocenters. The minimum Gasteiger partial charge on any atom is -0.265 e. The van der Waals surface area contributed by atoms with E-state index in [0.717, 1.165) is 37.0 Å². The fraction of sp³-hybridized carbons (Fsp3) is 0.673. The number of aromatic nitrogens is 2. The molecule has 0 amide bonds. The van der Waals surface area contributed by atoms with Crippen LogP contribution in [0.3, 0.4) is 0 Å². The molecule has 0 unspecified atom stereocenters. The monoisotopic (exact) mass is 749 g/mol. The van der Waals surface area contributed by atoms with Gasteiger partial charge in [-0.2, -0.15) is 0 Å². The second-order valence-corrected chi connectivity index (χ2v) is 27.3. The van der Waals surface area contributed by atoms with Crippen molar-refractivity contribution in [3.63, 3.8) is 0 Å². The van der Waals surface area contributed by atoms with Crippen LogP contribution in [0.4, 0.5) is 0 Å². The Morgan fingerprint density at radius 2 is 0.830 bits per heavy atom. The number of nitrogens with zero attached hydrogens (tertiary/aromatic N) is 2. The van der Waals surface area contributed by atoms with Gasteiger partial charge in [-0.1, -0.05) is 125 Å². The van der Waals surface area contributed by atoms with Gasteiger partial charge in [0.2, 0.25) is 0 Å². The van der Waals surface area contributed by atoms with Crippen molar-refractivity contribution in [2.45, 2.75) is 193 Å². The molecule has 3 fully saturated rings. The third-order valence-corrected chi connectivity index (χ3v) is 23.5. The molecule has 3 aliphatic rings. The summed E-state index contributed by atoms with van der Waals surface area (Å²) < 4.78 is 0. The van der Waals surface area contributed by atoms with Gasteiger partial charge in [0.25, 0.3) is 0 Å². The van der Waals surface area contributed by atoms with Crippen LogP contribution in [0.1, 0.15) is 171 Å². The van der Waals surface area contributed by atoms with E-state index in [1.165, 1.54) is 107 Å². The molecule has 0 bridgehead atoms. The summed E-state index contributed by atoms with van der Waals surface area (Å²) >= 11 is 0. The third-order valence-electron chi connectivity index (χ3n) is 12.8. The van der Waals surface area contributed by atoms with Crippen LogP contribution < -0.4 is 10.6 Å². The summed E-state index contributed by atoms with van der Waals surface area (Å²) in [4.78, 5) is 9.44. The minimum atomic E-state index is -1.88. The highest BCUT2D eigenvalue weighted by atomic mass is 28.3. The molecule has 2 nitrogen and oxygen atoms in total. The van der Waals surface area contributed by atoms with Crippen molar-refractivity contribution in [1.82, 2.24) is 9.97 Å². The van der Waals surface area contributed by atoms with Crippen LogP contribution in [0.25, 0.3) is 0 Å². The third kappa shape index (κ3) is 13.6. The highest BCUT2D eigenvalue weighted by Gasteiger charge is 2.43. The van der Waals surface area contributed by atoms with Crippen molar-refractivity contribution in [3.05, 3.63) is 48.8 Å². The van der Waals surface area contributed by atoms with E-state index >= 15 is 0 Å². The van der Waals surface area contributed by atoms with E-state index in [4.69, 9.17) is 16.4 Å². The Morgan fingerprint density at radius 1 is 0.509 bits per heavy atom. The Kier molecular flexibility index (Phi) is 20.3.